The van der Waals surface area contributed by atoms with Crippen LogP contribution in [0, 0.1) is 0 Å². The summed E-state index contributed by atoms with van der Waals surface area (Å²) in [5.74, 6) is 0.595. The Bertz CT molecular complexity index is 1350. The largest absolute Gasteiger partial charge is 0.495 e. The molecule has 4 rings (SSSR count). The van der Waals surface area contributed by atoms with Crippen molar-refractivity contribution >= 4 is 16.9 Å². The number of nitrogens with zero attached hydrogens (tertiary/aromatic N) is 4. The predicted octanol–water partition coefficient (Wildman–Crippen LogP) is 3.77. The van der Waals surface area contributed by atoms with Crippen molar-refractivity contribution in [3.63, 3.8) is 0 Å². The third-order valence-electron chi connectivity index (χ3n) is 6.74. The van der Waals surface area contributed by atoms with Crippen molar-refractivity contribution < 1.29 is 17.9 Å². The Hall–Kier alpha value is -3.41. The second-order valence-electron chi connectivity index (χ2n) is 9.41. The van der Waals surface area contributed by atoms with E-state index in [0.717, 1.165) is 19.2 Å². The maximum Gasteiger partial charge on any atom is 0.419 e. The first-order valence-corrected chi connectivity index (χ1v) is 11.8. The van der Waals surface area contributed by atoms with E-state index in [9.17, 15) is 13.2 Å². The minimum absolute atomic E-state index is 0.0382. The van der Waals surface area contributed by atoms with Crippen molar-refractivity contribution in [2.75, 3.05) is 40.1 Å². The van der Waals surface area contributed by atoms with Gasteiger partial charge in [0.15, 0.2) is 0 Å². The van der Waals surface area contributed by atoms with Gasteiger partial charge in [0.05, 0.1) is 23.9 Å². The SMILES string of the molecule is CNC1(CCN(C)C)C=CC(Nc2ncc(C(F)(F)F)c(-c3cn(C)c4c(OC)cccc34)n2)=CC1N. The highest BCUT2D eigenvalue weighted by molar-refractivity contribution is 5.99. The molecule has 0 amide bonds. The molecular formula is C26H32F3N7O. The van der Waals surface area contributed by atoms with E-state index < -0.39 is 17.3 Å². The van der Waals surface area contributed by atoms with E-state index in [1.165, 1.54) is 7.11 Å². The molecule has 0 aliphatic heterocycles. The molecule has 2 atom stereocenters. The molecule has 8 nitrogen and oxygen atoms in total. The molecule has 3 aromatic rings. The lowest BCUT2D eigenvalue weighted by molar-refractivity contribution is -0.137. The summed E-state index contributed by atoms with van der Waals surface area (Å²) in [6.07, 6.45) is 4.23. The zero-order valence-corrected chi connectivity index (χ0v) is 21.5. The highest BCUT2D eigenvalue weighted by Gasteiger charge is 2.37. The molecule has 2 unspecified atom stereocenters. The molecule has 0 fully saturated rings. The van der Waals surface area contributed by atoms with Gasteiger partial charge in [0.25, 0.3) is 0 Å². The molecule has 1 aromatic carbocycles. The van der Waals surface area contributed by atoms with Gasteiger partial charge in [0, 0.05) is 42.1 Å². The average molecular weight is 516 g/mol. The van der Waals surface area contributed by atoms with Crippen LogP contribution in [0.5, 0.6) is 5.75 Å². The number of para-hydroxylation sites is 1. The van der Waals surface area contributed by atoms with Crippen molar-refractivity contribution in [2.24, 2.45) is 12.8 Å². The van der Waals surface area contributed by atoms with Crippen LogP contribution in [-0.2, 0) is 13.2 Å². The lowest BCUT2D eigenvalue weighted by atomic mass is 9.83. The van der Waals surface area contributed by atoms with Gasteiger partial charge in [-0.2, -0.15) is 13.2 Å². The lowest BCUT2D eigenvalue weighted by Gasteiger charge is -2.38. The van der Waals surface area contributed by atoms with Gasteiger partial charge in [-0.25, -0.2) is 9.97 Å². The van der Waals surface area contributed by atoms with E-state index in [2.05, 4.69) is 25.5 Å². The molecule has 0 saturated heterocycles. The molecule has 1 aliphatic carbocycles. The normalized spacial score (nSPS) is 19.9. The van der Waals surface area contributed by atoms with Crippen molar-refractivity contribution in [1.82, 2.24) is 24.8 Å². The highest BCUT2D eigenvalue weighted by Crippen LogP contribution is 2.41. The van der Waals surface area contributed by atoms with Crippen LogP contribution in [-0.4, -0.2) is 65.8 Å². The first-order valence-electron chi connectivity index (χ1n) is 11.8. The van der Waals surface area contributed by atoms with E-state index in [4.69, 9.17) is 10.5 Å². The second-order valence-corrected chi connectivity index (χ2v) is 9.41. The van der Waals surface area contributed by atoms with E-state index >= 15 is 0 Å². The number of benzene rings is 1. The van der Waals surface area contributed by atoms with Crippen LogP contribution in [0.2, 0.25) is 0 Å². The fourth-order valence-corrected chi connectivity index (χ4v) is 4.63. The van der Waals surface area contributed by atoms with Crippen molar-refractivity contribution in [3.05, 3.63) is 60.1 Å². The van der Waals surface area contributed by atoms with Gasteiger partial charge in [0.2, 0.25) is 5.95 Å². The lowest BCUT2D eigenvalue weighted by Crippen LogP contribution is -2.57. The second kappa shape index (κ2) is 10.2. The van der Waals surface area contributed by atoms with Crippen LogP contribution in [0.4, 0.5) is 19.1 Å². The number of hydrogen-bond donors (Lipinski definition) is 3. The van der Waals surface area contributed by atoms with Gasteiger partial charge in [-0.05, 0) is 52.3 Å². The van der Waals surface area contributed by atoms with Crippen LogP contribution in [0.3, 0.4) is 0 Å². The molecular weight excluding hydrogens is 483 g/mol. The zero-order chi connectivity index (χ0) is 27.0. The van der Waals surface area contributed by atoms with Crippen molar-refractivity contribution in [3.8, 4) is 17.0 Å². The summed E-state index contributed by atoms with van der Waals surface area (Å²) in [6, 6.07) is 4.88. The minimum Gasteiger partial charge on any atom is -0.495 e. The topological polar surface area (TPSA) is 93.3 Å². The Balaban J connectivity index is 1.72. The average Bonchev–Trinajstić information content (AvgIpc) is 3.19. The summed E-state index contributed by atoms with van der Waals surface area (Å²) < 4.78 is 49.2. The Morgan fingerprint density at radius 1 is 1.27 bits per heavy atom. The molecule has 2 heterocycles. The van der Waals surface area contributed by atoms with Gasteiger partial charge >= 0.3 is 6.18 Å². The minimum atomic E-state index is -4.64. The molecule has 1 aliphatic rings. The summed E-state index contributed by atoms with van der Waals surface area (Å²) in [5, 5.41) is 6.94. The molecule has 4 N–H and O–H groups in total. The molecule has 2 aromatic heterocycles. The molecule has 0 spiro atoms. The number of anilines is 1. The summed E-state index contributed by atoms with van der Waals surface area (Å²) in [7, 11) is 9.13. The number of aryl methyl sites for hydroxylation is 1. The monoisotopic (exact) mass is 515 g/mol. The van der Waals surface area contributed by atoms with Crippen molar-refractivity contribution in [1.29, 1.82) is 0 Å². The quantitative estimate of drug-likeness (QED) is 0.421. The number of fused-ring (bicyclic) bond motifs is 1. The Morgan fingerprint density at radius 3 is 2.65 bits per heavy atom. The van der Waals surface area contributed by atoms with E-state index in [1.54, 1.807) is 36.0 Å². The number of likely N-dealkylation sites (N-methyl/N-ethyl adjacent to an activating group) is 1. The van der Waals surface area contributed by atoms with E-state index in [-0.39, 0.29) is 17.7 Å². The fraction of sp³-hybridized carbons (Fsp3) is 0.385. The van der Waals surface area contributed by atoms with E-state index in [1.807, 2.05) is 39.4 Å². The Kier molecular flexibility index (Phi) is 7.31. The van der Waals surface area contributed by atoms with Crippen LogP contribution in [0.15, 0.2) is 54.5 Å². The Morgan fingerprint density at radius 2 is 2.03 bits per heavy atom. The number of methoxy groups -OCH3 is 1. The number of aromatic nitrogens is 3. The van der Waals surface area contributed by atoms with Gasteiger partial charge in [-0.3, -0.25) is 0 Å². The Labute approximate surface area is 214 Å². The van der Waals surface area contributed by atoms with Crippen LogP contribution >= 0.6 is 0 Å². The van der Waals surface area contributed by atoms with Crippen LogP contribution in [0.1, 0.15) is 12.0 Å². The van der Waals surface area contributed by atoms with Gasteiger partial charge < -0.3 is 30.6 Å². The first-order chi connectivity index (χ1) is 17.5. The molecule has 0 saturated carbocycles. The number of hydrogen-bond acceptors (Lipinski definition) is 7. The smallest absolute Gasteiger partial charge is 0.419 e. The third-order valence-corrected chi connectivity index (χ3v) is 6.74. The summed E-state index contributed by atoms with van der Waals surface area (Å²) in [5.41, 5.74) is 6.52. The summed E-state index contributed by atoms with van der Waals surface area (Å²) in [4.78, 5) is 10.4. The number of halogens is 3. The maximum atomic E-state index is 14.0. The summed E-state index contributed by atoms with van der Waals surface area (Å²) in [6.45, 7) is 0.830. The van der Waals surface area contributed by atoms with Gasteiger partial charge in [-0.1, -0.05) is 18.2 Å². The number of alkyl halides is 3. The number of ether oxygens (including phenoxy) is 1. The third kappa shape index (κ3) is 5.20. The number of nitrogens with two attached hydrogens (primary N) is 1. The molecule has 11 heteroatoms. The van der Waals surface area contributed by atoms with E-state index in [0.29, 0.717) is 27.9 Å². The standard InChI is InChI=1S/C26H32F3N7O/c1-31-25(11-12-35(2)3)10-9-16(13-21(25)30)33-24-32-14-19(26(27,28)29)22(34-24)18-15-36(4)23-17(18)7-6-8-20(23)37-5/h6-10,13-15,21,31H,11-12,30H2,1-5H3,(H,32,33,34). The number of allylic oxidation sites excluding steroid dienone is 1. The molecule has 37 heavy (non-hydrogen) atoms. The zero-order valence-electron chi connectivity index (χ0n) is 21.5. The van der Waals surface area contributed by atoms with Gasteiger partial charge in [0.1, 0.15) is 11.3 Å². The van der Waals surface area contributed by atoms with Crippen LogP contribution < -0.4 is 21.1 Å². The van der Waals surface area contributed by atoms with Crippen LogP contribution in [0.25, 0.3) is 22.2 Å². The predicted molar refractivity (Wildman–Crippen MR) is 139 cm³/mol. The molecule has 198 valence electrons. The molecule has 0 bridgehead atoms. The van der Waals surface area contributed by atoms with Gasteiger partial charge in [-0.15, -0.1) is 0 Å². The number of nitrogens with one attached hydrogen (secondary N) is 2. The van der Waals surface area contributed by atoms with Crippen molar-refractivity contribution in [2.45, 2.75) is 24.2 Å². The number of rotatable bonds is 8. The first kappa shape index (κ1) is 26.6. The molecule has 0 radical (unpaired) electrons. The fourth-order valence-electron chi connectivity index (χ4n) is 4.63. The maximum absolute atomic E-state index is 14.0. The highest BCUT2D eigenvalue weighted by atomic mass is 19.4. The summed E-state index contributed by atoms with van der Waals surface area (Å²) >= 11 is 0.